The first-order valence-electron chi connectivity index (χ1n) is 10.8. The lowest BCUT2D eigenvalue weighted by Crippen LogP contribution is -2.32. The summed E-state index contributed by atoms with van der Waals surface area (Å²) in [4.78, 5) is 31.3. The van der Waals surface area contributed by atoms with E-state index >= 15 is 0 Å². The van der Waals surface area contributed by atoms with Gasteiger partial charge in [0.15, 0.2) is 0 Å². The second-order valence-electron chi connectivity index (χ2n) is 8.22. The highest BCUT2D eigenvalue weighted by atomic mass is 32.1. The van der Waals surface area contributed by atoms with Crippen molar-refractivity contribution in [2.24, 2.45) is 0 Å². The van der Waals surface area contributed by atoms with Crippen molar-refractivity contribution in [3.8, 4) is 11.1 Å². The van der Waals surface area contributed by atoms with E-state index in [1.54, 1.807) is 6.92 Å². The number of nitrogens with zero attached hydrogens (tertiary/aromatic N) is 2. The number of hydrogen-bond acceptors (Lipinski definition) is 5. The SMILES string of the molecule is CC(C(=O)OC1CCCCC1)n1cnc2scc(-c3ccc4ccccc4c3)c2c1=O. The molecule has 4 aromatic rings. The number of rotatable bonds is 4. The molecule has 2 aromatic carbocycles. The molecule has 1 aliphatic carbocycles. The largest absolute Gasteiger partial charge is 0.461 e. The lowest BCUT2D eigenvalue weighted by molar-refractivity contribution is -0.154. The number of ether oxygens (including phenoxy) is 1. The van der Waals surface area contributed by atoms with Crippen molar-refractivity contribution in [3.63, 3.8) is 0 Å². The van der Waals surface area contributed by atoms with E-state index in [-0.39, 0.29) is 17.6 Å². The Morgan fingerprint density at radius 2 is 1.90 bits per heavy atom. The summed E-state index contributed by atoms with van der Waals surface area (Å²) < 4.78 is 7.10. The van der Waals surface area contributed by atoms with Crippen LogP contribution in [-0.4, -0.2) is 21.6 Å². The van der Waals surface area contributed by atoms with Gasteiger partial charge in [-0.2, -0.15) is 0 Å². The lowest BCUT2D eigenvalue weighted by atomic mass is 9.98. The third-order valence-electron chi connectivity index (χ3n) is 6.17. The van der Waals surface area contributed by atoms with E-state index in [4.69, 9.17) is 4.74 Å². The van der Waals surface area contributed by atoms with E-state index < -0.39 is 6.04 Å². The molecule has 6 heteroatoms. The predicted molar refractivity (Wildman–Crippen MR) is 124 cm³/mol. The molecule has 1 aliphatic rings. The van der Waals surface area contributed by atoms with Crippen LogP contribution in [-0.2, 0) is 9.53 Å². The minimum absolute atomic E-state index is 0.0367. The number of carbonyl (C=O) groups excluding carboxylic acids is 1. The van der Waals surface area contributed by atoms with Crippen LogP contribution in [0.2, 0.25) is 0 Å². The van der Waals surface area contributed by atoms with Crippen LogP contribution in [0.25, 0.3) is 32.1 Å². The molecule has 2 aromatic heterocycles. The Bertz CT molecular complexity index is 1320. The minimum atomic E-state index is -0.712. The summed E-state index contributed by atoms with van der Waals surface area (Å²) in [7, 11) is 0. The van der Waals surface area contributed by atoms with Gasteiger partial charge in [0.1, 0.15) is 17.0 Å². The number of carbonyl (C=O) groups is 1. The zero-order valence-electron chi connectivity index (χ0n) is 17.4. The summed E-state index contributed by atoms with van der Waals surface area (Å²) >= 11 is 1.45. The van der Waals surface area contributed by atoms with E-state index in [1.807, 2.05) is 23.6 Å². The molecule has 1 saturated carbocycles. The maximum absolute atomic E-state index is 13.4. The fourth-order valence-electron chi connectivity index (χ4n) is 4.35. The Hall–Kier alpha value is -2.99. The Labute approximate surface area is 184 Å². The number of esters is 1. The average molecular weight is 433 g/mol. The first-order valence-corrected chi connectivity index (χ1v) is 11.7. The summed E-state index contributed by atoms with van der Waals surface area (Å²) in [6.45, 7) is 1.71. The average Bonchev–Trinajstić information content (AvgIpc) is 3.24. The summed E-state index contributed by atoms with van der Waals surface area (Å²) in [6, 6.07) is 13.6. The van der Waals surface area contributed by atoms with Gasteiger partial charge < -0.3 is 4.74 Å². The molecule has 31 heavy (non-hydrogen) atoms. The maximum atomic E-state index is 13.4. The molecule has 1 fully saturated rings. The monoisotopic (exact) mass is 432 g/mol. The molecule has 0 spiro atoms. The van der Waals surface area contributed by atoms with Gasteiger partial charge >= 0.3 is 5.97 Å². The summed E-state index contributed by atoms with van der Waals surface area (Å²) in [5.74, 6) is -0.363. The quantitative estimate of drug-likeness (QED) is 0.387. The van der Waals surface area contributed by atoms with Gasteiger partial charge in [0.2, 0.25) is 0 Å². The highest BCUT2D eigenvalue weighted by Gasteiger charge is 2.25. The molecule has 0 amide bonds. The van der Waals surface area contributed by atoms with Crippen molar-refractivity contribution in [1.29, 1.82) is 0 Å². The van der Waals surface area contributed by atoms with Crippen LogP contribution in [0, 0.1) is 0 Å². The van der Waals surface area contributed by atoms with Crippen molar-refractivity contribution >= 4 is 38.3 Å². The van der Waals surface area contributed by atoms with Crippen LogP contribution >= 0.6 is 11.3 Å². The van der Waals surface area contributed by atoms with Crippen LogP contribution in [0.1, 0.15) is 45.1 Å². The number of aromatic nitrogens is 2. The summed E-state index contributed by atoms with van der Waals surface area (Å²) in [5.41, 5.74) is 1.62. The number of thiophene rings is 1. The van der Waals surface area contributed by atoms with E-state index in [0.29, 0.717) is 10.2 Å². The number of hydrogen-bond donors (Lipinski definition) is 0. The third kappa shape index (κ3) is 3.76. The van der Waals surface area contributed by atoms with Gasteiger partial charge in [-0.1, -0.05) is 42.8 Å². The van der Waals surface area contributed by atoms with Crippen LogP contribution in [0.5, 0.6) is 0 Å². The zero-order valence-corrected chi connectivity index (χ0v) is 18.2. The third-order valence-corrected chi connectivity index (χ3v) is 7.06. The van der Waals surface area contributed by atoms with Gasteiger partial charge in [-0.15, -0.1) is 11.3 Å². The first kappa shape index (κ1) is 19.9. The normalized spacial score (nSPS) is 15.9. The molecule has 1 unspecified atom stereocenters. The molecule has 158 valence electrons. The fraction of sp³-hybridized carbons (Fsp3) is 0.320. The zero-order chi connectivity index (χ0) is 21.4. The molecule has 0 N–H and O–H groups in total. The first-order chi connectivity index (χ1) is 15.1. The second kappa shape index (κ2) is 8.27. The maximum Gasteiger partial charge on any atom is 0.329 e. The summed E-state index contributed by atoms with van der Waals surface area (Å²) in [5, 5.41) is 4.80. The molecule has 2 heterocycles. The van der Waals surface area contributed by atoms with Gasteiger partial charge in [0, 0.05) is 10.9 Å². The number of benzene rings is 2. The molecule has 5 nitrogen and oxygen atoms in total. The molecule has 0 radical (unpaired) electrons. The molecule has 0 bridgehead atoms. The summed E-state index contributed by atoms with van der Waals surface area (Å²) in [6.07, 6.45) is 6.61. The second-order valence-corrected chi connectivity index (χ2v) is 9.08. The highest BCUT2D eigenvalue weighted by molar-refractivity contribution is 7.17. The van der Waals surface area contributed by atoms with E-state index in [9.17, 15) is 9.59 Å². The van der Waals surface area contributed by atoms with E-state index in [2.05, 4.69) is 29.2 Å². The number of fused-ring (bicyclic) bond motifs is 2. The van der Waals surface area contributed by atoms with Crippen LogP contribution < -0.4 is 5.56 Å². The molecule has 1 atom stereocenters. The Morgan fingerprint density at radius 3 is 2.71 bits per heavy atom. The Kier molecular flexibility index (Phi) is 5.32. The van der Waals surface area contributed by atoms with Crippen molar-refractivity contribution < 1.29 is 9.53 Å². The van der Waals surface area contributed by atoms with E-state index in [0.717, 1.165) is 47.6 Å². The lowest BCUT2D eigenvalue weighted by Gasteiger charge is -2.24. The van der Waals surface area contributed by atoms with Crippen LogP contribution in [0.4, 0.5) is 0 Å². The molecule has 0 aliphatic heterocycles. The highest BCUT2D eigenvalue weighted by Crippen LogP contribution is 2.33. The molecular weight excluding hydrogens is 408 g/mol. The van der Waals surface area contributed by atoms with Crippen LogP contribution in [0.15, 0.2) is 59.0 Å². The smallest absolute Gasteiger partial charge is 0.329 e. The predicted octanol–water partition coefficient (Wildman–Crippen LogP) is 5.72. The van der Waals surface area contributed by atoms with Gasteiger partial charge in [0.25, 0.3) is 5.56 Å². The Morgan fingerprint density at radius 1 is 1.13 bits per heavy atom. The van der Waals surface area contributed by atoms with Crippen molar-refractivity contribution in [1.82, 2.24) is 9.55 Å². The topological polar surface area (TPSA) is 61.2 Å². The van der Waals surface area contributed by atoms with Gasteiger partial charge in [-0.3, -0.25) is 9.36 Å². The molecule has 5 rings (SSSR count). The minimum Gasteiger partial charge on any atom is -0.461 e. The van der Waals surface area contributed by atoms with Crippen LogP contribution in [0.3, 0.4) is 0 Å². The molecule has 0 saturated heterocycles. The van der Waals surface area contributed by atoms with Crippen molar-refractivity contribution in [2.45, 2.75) is 51.2 Å². The standard InChI is InChI=1S/C25H24N2O3S/c1-16(25(29)30-20-9-3-2-4-10-20)27-15-26-23-22(24(27)28)21(14-31-23)19-12-11-17-7-5-6-8-18(17)13-19/h5-8,11-16,20H,2-4,9-10H2,1H3. The molecular formula is C25H24N2O3S. The van der Waals surface area contributed by atoms with Crippen molar-refractivity contribution in [3.05, 3.63) is 64.5 Å². The van der Waals surface area contributed by atoms with Gasteiger partial charge in [0.05, 0.1) is 11.7 Å². The van der Waals surface area contributed by atoms with E-state index in [1.165, 1.54) is 28.7 Å². The van der Waals surface area contributed by atoms with Gasteiger partial charge in [-0.25, -0.2) is 9.78 Å². The Balaban J connectivity index is 1.51. The fourth-order valence-corrected chi connectivity index (χ4v) is 5.26. The van der Waals surface area contributed by atoms with Gasteiger partial charge in [-0.05, 0) is 55.0 Å². The van der Waals surface area contributed by atoms with Crippen molar-refractivity contribution in [2.75, 3.05) is 0 Å².